The van der Waals surface area contributed by atoms with Crippen LogP contribution in [0.2, 0.25) is 0 Å². The van der Waals surface area contributed by atoms with Gasteiger partial charge < -0.3 is 19.5 Å². The predicted octanol–water partition coefficient (Wildman–Crippen LogP) is 2.95. The maximum absolute atomic E-state index is 13.5. The third kappa shape index (κ3) is 3.82. The minimum atomic E-state index is -3.79. The number of hydrogen-bond donors (Lipinski definition) is 1. The molecule has 1 amide bonds. The van der Waals surface area contributed by atoms with E-state index in [-0.39, 0.29) is 16.8 Å². The molecule has 8 nitrogen and oxygen atoms in total. The fraction of sp³-hybridized carbons (Fsp3) is 0.381. The molecule has 4 rings (SSSR count). The van der Waals surface area contributed by atoms with Crippen molar-refractivity contribution >= 4 is 21.6 Å². The van der Waals surface area contributed by atoms with E-state index in [2.05, 4.69) is 5.32 Å². The maximum Gasteiger partial charge on any atom is 0.243 e. The number of ether oxygens (including phenoxy) is 3. The van der Waals surface area contributed by atoms with Crippen LogP contribution in [0.4, 0.5) is 5.69 Å². The van der Waals surface area contributed by atoms with E-state index in [0.717, 1.165) is 12.0 Å². The Labute approximate surface area is 175 Å². The van der Waals surface area contributed by atoms with Crippen molar-refractivity contribution in [2.24, 2.45) is 0 Å². The molecule has 2 aliphatic heterocycles. The SMILES string of the molecule is COc1ccc(S(=O)(=O)N2CCCC2c2ccc3c(c2)OCCO3)cc1NC(C)=O. The van der Waals surface area contributed by atoms with Gasteiger partial charge in [-0.05, 0) is 48.7 Å². The fourth-order valence-electron chi connectivity index (χ4n) is 3.90. The highest BCUT2D eigenvalue weighted by atomic mass is 32.2. The number of fused-ring (bicyclic) bond motifs is 1. The molecule has 1 atom stereocenters. The molecule has 1 saturated heterocycles. The zero-order valence-electron chi connectivity index (χ0n) is 16.9. The fourth-order valence-corrected chi connectivity index (χ4v) is 5.61. The molecule has 2 aromatic rings. The van der Waals surface area contributed by atoms with E-state index in [1.54, 1.807) is 6.07 Å². The number of nitrogens with one attached hydrogen (secondary N) is 1. The average Bonchev–Trinajstić information content (AvgIpc) is 3.24. The van der Waals surface area contributed by atoms with Gasteiger partial charge in [-0.15, -0.1) is 0 Å². The highest BCUT2D eigenvalue weighted by molar-refractivity contribution is 7.89. The van der Waals surface area contributed by atoms with Gasteiger partial charge in [0.05, 0.1) is 23.7 Å². The second kappa shape index (κ2) is 8.16. The topological polar surface area (TPSA) is 94.2 Å². The molecule has 1 N–H and O–H groups in total. The summed E-state index contributed by atoms with van der Waals surface area (Å²) in [7, 11) is -2.32. The zero-order chi connectivity index (χ0) is 21.3. The first-order chi connectivity index (χ1) is 14.4. The lowest BCUT2D eigenvalue weighted by Gasteiger charge is -2.26. The van der Waals surface area contributed by atoms with Gasteiger partial charge in [-0.3, -0.25) is 4.79 Å². The molecule has 2 aromatic carbocycles. The number of benzene rings is 2. The molecule has 2 aliphatic rings. The summed E-state index contributed by atoms with van der Waals surface area (Å²) < 4.78 is 44.9. The van der Waals surface area contributed by atoms with Crippen LogP contribution in [0.15, 0.2) is 41.3 Å². The predicted molar refractivity (Wildman–Crippen MR) is 111 cm³/mol. The lowest BCUT2D eigenvalue weighted by molar-refractivity contribution is -0.114. The Kier molecular flexibility index (Phi) is 5.57. The number of carbonyl (C=O) groups excluding carboxylic acids is 1. The summed E-state index contributed by atoms with van der Waals surface area (Å²) in [5.41, 5.74) is 1.19. The Bertz CT molecular complexity index is 1070. The van der Waals surface area contributed by atoms with E-state index in [1.165, 1.54) is 30.5 Å². The molecule has 1 fully saturated rings. The molecule has 1 unspecified atom stereocenters. The summed E-state index contributed by atoms with van der Waals surface area (Å²) in [4.78, 5) is 11.6. The van der Waals surface area contributed by atoms with E-state index in [9.17, 15) is 13.2 Å². The molecule has 0 saturated carbocycles. The molecule has 160 valence electrons. The van der Waals surface area contributed by atoms with Crippen molar-refractivity contribution in [3.63, 3.8) is 0 Å². The summed E-state index contributed by atoms with van der Waals surface area (Å²) >= 11 is 0. The lowest BCUT2D eigenvalue weighted by Crippen LogP contribution is -2.31. The van der Waals surface area contributed by atoms with Crippen LogP contribution in [0.1, 0.15) is 31.4 Å². The van der Waals surface area contributed by atoms with E-state index in [0.29, 0.717) is 49.1 Å². The number of nitrogens with zero attached hydrogens (tertiary/aromatic N) is 1. The summed E-state index contributed by atoms with van der Waals surface area (Å²) in [5.74, 6) is 1.40. The Morgan fingerprint density at radius 3 is 2.63 bits per heavy atom. The van der Waals surface area contributed by atoms with Crippen molar-refractivity contribution in [1.82, 2.24) is 4.31 Å². The van der Waals surface area contributed by atoms with Gasteiger partial charge in [0.25, 0.3) is 0 Å². The summed E-state index contributed by atoms with van der Waals surface area (Å²) in [6.45, 7) is 2.76. The molecular weight excluding hydrogens is 408 g/mol. The summed E-state index contributed by atoms with van der Waals surface area (Å²) in [6.07, 6.45) is 1.47. The van der Waals surface area contributed by atoms with Gasteiger partial charge in [-0.25, -0.2) is 8.42 Å². The monoisotopic (exact) mass is 432 g/mol. The summed E-state index contributed by atoms with van der Waals surface area (Å²) in [5, 5.41) is 2.63. The number of rotatable bonds is 5. The van der Waals surface area contributed by atoms with Crippen molar-refractivity contribution in [3.05, 3.63) is 42.0 Å². The number of amides is 1. The molecule has 0 radical (unpaired) electrons. The minimum absolute atomic E-state index is 0.108. The van der Waals surface area contributed by atoms with Gasteiger partial charge in [-0.2, -0.15) is 4.31 Å². The highest BCUT2D eigenvalue weighted by Gasteiger charge is 2.37. The second-order valence-electron chi connectivity index (χ2n) is 7.22. The van der Waals surface area contributed by atoms with Gasteiger partial charge in [0.1, 0.15) is 19.0 Å². The molecule has 0 bridgehead atoms. The maximum atomic E-state index is 13.5. The number of sulfonamides is 1. The van der Waals surface area contributed by atoms with Gasteiger partial charge in [0.2, 0.25) is 15.9 Å². The smallest absolute Gasteiger partial charge is 0.243 e. The first-order valence-corrected chi connectivity index (χ1v) is 11.2. The Morgan fingerprint density at radius 1 is 1.13 bits per heavy atom. The molecule has 30 heavy (non-hydrogen) atoms. The van der Waals surface area contributed by atoms with Crippen LogP contribution in [0.3, 0.4) is 0 Å². The number of carbonyl (C=O) groups is 1. The van der Waals surface area contributed by atoms with E-state index in [4.69, 9.17) is 14.2 Å². The van der Waals surface area contributed by atoms with Crippen molar-refractivity contribution in [3.8, 4) is 17.2 Å². The molecule has 9 heteroatoms. The normalized spacial score (nSPS) is 18.8. The number of anilines is 1. The molecule has 0 aromatic heterocycles. The number of hydrogen-bond acceptors (Lipinski definition) is 6. The van der Waals surface area contributed by atoms with Crippen LogP contribution < -0.4 is 19.5 Å². The van der Waals surface area contributed by atoms with Crippen LogP contribution >= 0.6 is 0 Å². The van der Waals surface area contributed by atoms with Crippen LogP contribution in [-0.2, 0) is 14.8 Å². The van der Waals surface area contributed by atoms with Crippen LogP contribution in [0.5, 0.6) is 17.2 Å². The van der Waals surface area contributed by atoms with Crippen molar-refractivity contribution in [1.29, 1.82) is 0 Å². The van der Waals surface area contributed by atoms with E-state index >= 15 is 0 Å². The molecule has 2 heterocycles. The Balaban J connectivity index is 1.67. The lowest BCUT2D eigenvalue weighted by atomic mass is 10.0. The summed E-state index contributed by atoms with van der Waals surface area (Å²) in [6, 6.07) is 9.78. The minimum Gasteiger partial charge on any atom is -0.495 e. The van der Waals surface area contributed by atoms with Crippen LogP contribution in [0, 0.1) is 0 Å². The first kappa shape index (κ1) is 20.5. The van der Waals surface area contributed by atoms with E-state index < -0.39 is 10.0 Å². The molecule has 0 aliphatic carbocycles. The van der Waals surface area contributed by atoms with Gasteiger partial charge in [0, 0.05) is 13.5 Å². The largest absolute Gasteiger partial charge is 0.495 e. The van der Waals surface area contributed by atoms with Gasteiger partial charge >= 0.3 is 0 Å². The van der Waals surface area contributed by atoms with Gasteiger partial charge in [-0.1, -0.05) is 6.07 Å². The first-order valence-electron chi connectivity index (χ1n) is 9.77. The third-order valence-electron chi connectivity index (χ3n) is 5.24. The molecular formula is C21H24N2O6S. The zero-order valence-corrected chi connectivity index (χ0v) is 17.7. The Morgan fingerprint density at radius 2 is 1.90 bits per heavy atom. The molecule has 0 spiro atoms. The van der Waals surface area contributed by atoms with Crippen molar-refractivity contribution in [2.75, 3.05) is 32.2 Å². The standard InChI is InChI=1S/C21H24N2O6S/c1-14(24)22-17-13-16(6-8-19(17)27-2)30(25,26)23-9-3-4-18(23)15-5-7-20-21(12-15)29-11-10-28-20/h5-8,12-13,18H,3-4,9-11H2,1-2H3,(H,22,24). The second-order valence-corrected chi connectivity index (χ2v) is 9.11. The highest BCUT2D eigenvalue weighted by Crippen LogP contribution is 2.41. The van der Waals surface area contributed by atoms with Crippen molar-refractivity contribution in [2.45, 2.75) is 30.7 Å². The van der Waals surface area contributed by atoms with Gasteiger partial charge in [0.15, 0.2) is 11.5 Å². The number of methoxy groups -OCH3 is 1. The quantitative estimate of drug-likeness (QED) is 0.781. The third-order valence-corrected chi connectivity index (χ3v) is 7.15. The van der Waals surface area contributed by atoms with Crippen molar-refractivity contribution < 1.29 is 27.4 Å². The average molecular weight is 432 g/mol. The van der Waals surface area contributed by atoms with E-state index in [1.807, 2.05) is 18.2 Å². The Hall–Kier alpha value is -2.78. The van der Waals surface area contributed by atoms with Crippen LogP contribution in [-0.4, -0.2) is 45.5 Å². The van der Waals surface area contributed by atoms with Crippen LogP contribution in [0.25, 0.3) is 0 Å².